The van der Waals surface area contributed by atoms with Crippen molar-refractivity contribution in [3.05, 3.63) is 29.1 Å². The number of fused-ring (bicyclic) bond motifs is 1. The summed E-state index contributed by atoms with van der Waals surface area (Å²) in [6.07, 6.45) is 5.01. The lowest BCUT2D eigenvalue weighted by Crippen LogP contribution is -2.06. The molecule has 0 atom stereocenters. The van der Waals surface area contributed by atoms with Crippen molar-refractivity contribution in [2.45, 2.75) is 31.4 Å². The standard InChI is InChI=1S/C10H13NS/c12-7-9-6-5-8-3-1-2-4-10(8)11-9/h5-6,12H,1-4,7H2. The highest BCUT2D eigenvalue weighted by Gasteiger charge is 2.09. The number of nitrogens with zero attached hydrogens (tertiary/aromatic N) is 1. The van der Waals surface area contributed by atoms with Gasteiger partial charge in [0, 0.05) is 11.4 Å². The van der Waals surface area contributed by atoms with Gasteiger partial charge in [-0.15, -0.1) is 0 Å². The Balaban J connectivity index is 2.36. The molecular formula is C10H13NS. The molecule has 1 aromatic heterocycles. The second kappa shape index (κ2) is 3.48. The molecule has 0 N–H and O–H groups in total. The Hall–Kier alpha value is -0.500. The highest BCUT2D eigenvalue weighted by atomic mass is 32.1. The molecule has 0 saturated carbocycles. The van der Waals surface area contributed by atoms with E-state index in [1.54, 1.807) is 0 Å². The molecule has 1 nitrogen and oxygen atoms in total. The minimum absolute atomic E-state index is 0.757. The average molecular weight is 179 g/mol. The summed E-state index contributed by atoms with van der Waals surface area (Å²) in [5.74, 6) is 0.757. The van der Waals surface area contributed by atoms with Crippen molar-refractivity contribution >= 4 is 12.6 Å². The Kier molecular flexibility index (Phi) is 2.35. The summed E-state index contributed by atoms with van der Waals surface area (Å²) in [7, 11) is 0. The fourth-order valence-electron chi connectivity index (χ4n) is 1.72. The van der Waals surface area contributed by atoms with Crippen LogP contribution in [0, 0.1) is 0 Å². The van der Waals surface area contributed by atoms with Gasteiger partial charge in [-0.2, -0.15) is 12.6 Å². The molecule has 0 spiro atoms. The van der Waals surface area contributed by atoms with Crippen molar-refractivity contribution in [3.63, 3.8) is 0 Å². The zero-order valence-electron chi connectivity index (χ0n) is 7.08. The molecule has 0 bridgehead atoms. The monoisotopic (exact) mass is 179 g/mol. The molecule has 0 radical (unpaired) electrons. The minimum Gasteiger partial charge on any atom is -0.257 e. The SMILES string of the molecule is SCc1ccc2c(n1)CCCC2. The fraction of sp³-hybridized carbons (Fsp3) is 0.500. The molecule has 0 fully saturated rings. The van der Waals surface area contributed by atoms with Crippen LogP contribution in [0.5, 0.6) is 0 Å². The predicted octanol–water partition coefficient (Wildman–Crippen LogP) is 2.39. The third kappa shape index (κ3) is 1.48. The predicted molar refractivity (Wildman–Crippen MR) is 53.6 cm³/mol. The first-order valence-electron chi connectivity index (χ1n) is 4.48. The molecule has 0 aromatic carbocycles. The van der Waals surface area contributed by atoms with Gasteiger partial charge in [0.2, 0.25) is 0 Å². The quantitative estimate of drug-likeness (QED) is 0.653. The highest BCUT2D eigenvalue weighted by molar-refractivity contribution is 7.79. The van der Waals surface area contributed by atoms with Crippen molar-refractivity contribution in [1.82, 2.24) is 4.98 Å². The number of aromatic nitrogens is 1. The zero-order valence-corrected chi connectivity index (χ0v) is 7.98. The summed E-state index contributed by atoms with van der Waals surface area (Å²) >= 11 is 4.22. The number of hydrogen-bond donors (Lipinski definition) is 1. The van der Waals surface area contributed by atoms with E-state index in [0.29, 0.717) is 0 Å². The third-order valence-electron chi connectivity index (χ3n) is 2.40. The highest BCUT2D eigenvalue weighted by Crippen LogP contribution is 2.19. The van der Waals surface area contributed by atoms with Crippen molar-refractivity contribution in [1.29, 1.82) is 0 Å². The summed E-state index contributed by atoms with van der Waals surface area (Å²) in [5, 5.41) is 0. The molecule has 2 heteroatoms. The lowest BCUT2D eigenvalue weighted by Gasteiger charge is -2.14. The fourth-order valence-corrected chi connectivity index (χ4v) is 1.89. The van der Waals surface area contributed by atoms with Crippen LogP contribution in [0.2, 0.25) is 0 Å². The van der Waals surface area contributed by atoms with Crippen LogP contribution in [0.3, 0.4) is 0 Å². The maximum atomic E-state index is 4.56. The zero-order chi connectivity index (χ0) is 8.39. The van der Waals surface area contributed by atoms with E-state index < -0.39 is 0 Å². The van der Waals surface area contributed by atoms with Crippen molar-refractivity contribution in [2.75, 3.05) is 0 Å². The Bertz CT molecular complexity index is 283. The van der Waals surface area contributed by atoms with Crippen LogP contribution in [0.25, 0.3) is 0 Å². The topological polar surface area (TPSA) is 12.9 Å². The van der Waals surface area contributed by atoms with Gasteiger partial charge in [-0.1, -0.05) is 6.07 Å². The Morgan fingerprint density at radius 1 is 1.25 bits per heavy atom. The average Bonchev–Trinajstić information content (AvgIpc) is 2.17. The van der Waals surface area contributed by atoms with Gasteiger partial charge < -0.3 is 0 Å². The summed E-state index contributed by atoms with van der Waals surface area (Å²) in [5.41, 5.74) is 3.87. The normalized spacial score (nSPS) is 15.8. The third-order valence-corrected chi connectivity index (χ3v) is 2.72. The lowest BCUT2D eigenvalue weighted by molar-refractivity contribution is 0.665. The Labute approximate surface area is 78.6 Å². The maximum absolute atomic E-state index is 4.56. The number of rotatable bonds is 1. The van der Waals surface area contributed by atoms with Crippen LogP contribution in [0.1, 0.15) is 29.8 Å². The molecule has 0 aliphatic heterocycles. The van der Waals surface area contributed by atoms with Crippen LogP contribution in [-0.2, 0) is 18.6 Å². The molecule has 12 heavy (non-hydrogen) atoms. The van der Waals surface area contributed by atoms with E-state index in [1.807, 2.05) is 0 Å². The molecule has 1 heterocycles. The van der Waals surface area contributed by atoms with Crippen molar-refractivity contribution in [3.8, 4) is 0 Å². The molecule has 0 unspecified atom stereocenters. The van der Waals surface area contributed by atoms with Gasteiger partial charge in [0.25, 0.3) is 0 Å². The van der Waals surface area contributed by atoms with Crippen LogP contribution >= 0.6 is 12.6 Å². The summed E-state index contributed by atoms with van der Waals surface area (Å²) in [6, 6.07) is 4.31. The maximum Gasteiger partial charge on any atom is 0.0503 e. The largest absolute Gasteiger partial charge is 0.257 e. The lowest BCUT2D eigenvalue weighted by atomic mass is 9.96. The summed E-state index contributed by atoms with van der Waals surface area (Å²) in [4.78, 5) is 4.56. The van der Waals surface area contributed by atoms with Crippen LogP contribution < -0.4 is 0 Å². The van der Waals surface area contributed by atoms with E-state index in [-0.39, 0.29) is 0 Å². The number of hydrogen-bond acceptors (Lipinski definition) is 2. The number of pyridine rings is 1. The van der Waals surface area contributed by atoms with Gasteiger partial charge in [-0.05, 0) is 37.3 Å². The van der Waals surface area contributed by atoms with Gasteiger partial charge >= 0.3 is 0 Å². The number of thiol groups is 1. The second-order valence-electron chi connectivity index (χ2n) is 3.27. The van der Waals surface area contributed by atoms with E-state index >= 15 is 0 Å². The van der Waals surface area contributed by atoms with E-state index in [9.17, 15) is 0 Å². The van der Waals surface area contributed by atoms with Crippen LogP contribution in [0.15, 0.2) is 12.1 Å². The number of aryl methyl sites for hydroxylation is 2. The molecule has 64 valence electrons. The minimum atomic E-state index is 0.757. The van der Waals surface area contributed by atoms with Crippen LogP contribution in [0.4, 0.5) is 0 Å². The molecular weight excluding hydrogens is 166 g/mol. The summed E-state index contributed by atoms with van der Waals surface area (Å²) < 4.78 is 0. The van der Waals surface area contributed by atoms with Gasteiger partial charge in [-0.3, -0.25) is 4.98 Å². The molecule has 1 aliphatic rings. The molecule has 0 amide bonds. The van der Waals surface area contributed by atoms with Crippen molar-refractivity contribution in [2.24, 2.45) is 0 Å². The van der Waals surface area contributed by atoms with E-state index in [1.165, 1.54) is 30.5 Å². The first kappa shape index (κ1) is 8.11. The van der Waals surface area contributed by atoms with Crippen LogP contribution in [-0.4, -0.2) is 4.98 Å². The molecule has 2 rings (SSSR count). The smallest absolute Gasteiger partial charge is 0.0503 e. The Morgan fingerprint density at radius 2 is 2.08 bits per heavy atom. The van der Waals surface area contributed by atoms with E-state index in [4.69, 9.17) is 0 Å². The van der Waals surface area contributed by atoms with Crippen molar-refractivity contribution < 1.29 is 0 Å². The van der Waals surface area contributed by atoms with Gasteiger partial charge in [0.15, 0.2) is 0 Å². The van der Waals surface area contributed by atoms with E-state index in [0.717, 1.165) is 17.9 Å². The molecule has 0 saturated heterocycles. The molecule has 1 aliphatic carbocycles. The first-order chi connectivity index (χ1) is 5.90. The summed E-state index contributed by atoms with van der Waals surface area (Å²) in [6.45, 7) is 0. The van der Waals surface area contributed by atoms with E-state index in [2.05, 4.69) is 29.7 Å². The van der Waals surface area contributed by atoms with Gasteiger partial charge in [-0.25, -0.2) is 0 Å². The Morgan fingerprint density at radius 3 is 2.92 bits per heavy atom. The first-order valence-corrected chi connectivity index (χ1v) is 5.12. The van der Waals surface area contributed by atoms with Gasteiger partial charge in [0.1, 0.15) is 0 Å². The second-order valence-corrected chi connectivity index (χ2v) is 3.59. The molecule has 1 aromatic rings. The van der Waals surface area contributed by atoms with Gasteiger partial charge in [0.05, 0.1) is 5.69 Å².